The zero-order chi connectivity index (χ0) is 43.7. The molecule has 9 N–H and O–H groups in total. The molecule has 0 saturated carbocycles. The third-order valence-electron chi connectivity index (χ3n) is 9.22. The van der Waals surface area contributed by atoms with Crippen LogP contribution >= 0.6 is 0 Å². The van der Waals surface area contributed by atoms with E-state index in [-0.39, 0.29) is 56.1 Å². The number of nitrogens with one attached hydrogen (secondary N) is 5. The summed E-state index contributed by atoms with van der Waals surface area (Å²) in [6.45, 7) is 5.64. The van der Waals surface area contributed by atoms with Crippen LogP contribution in [0.25, 0.3) is 11.3 Å². The number of alkyl carbamates (subject to hydrolysis) is 1. The second-order valence-electron chi connectivity index (χ2n) is 14.7. The van der Waals surface area contributed by atoms with Crippen LogP contribution in [-0.4, -0.2) is 90.7 Å². The number of fused-ring (bicyclic) bond motifs is 6. The van der Waals surface area contributed by atoms with Crippen LogP contribution in [0, 0.1) is 5.92 Å². The van der Waals surface area contributed by atoms with Crippen LogP contribution in [0.1, 0.15) is 62.0 Å². The first kappa shape index (κ1) is 44.9. The number of carbonyl (C=O) groups excluding carboxylic acids is 5. The van der Waals surface area contributed by atoms with Gasteiger partial charge in [-0.2, -0.15) is 0 Å². The first-order chi connectivity index (χ1) is 29.3. The summed E-state index contributed by atoms with van der Waals surface area (Å²) < 4.78 is 17.5. The van der Waals surface area contributed by atoms with Gasteiger partial charge in [0.15, 0.2) is 11.5 Å². The quantitative estimate of drug-likeness (QED) is 0.0781. The van der Waals surface area contributed by atoms with E-state index < -0.39 is 30.0 Å². The molecular weight excluding hydrogens is 787 g/mol. The van der Waals surface area contributed by atoms with Crippen molar-refractivity contribution in [1.82, 2.24) is 30.9 Å². The lowest BCUT2D eigenvalue weighted by molar-refractivity contribution is -0.127. The number of carbonyl (C=O) groups is 5. The second kappa shape index (κ2) is 22.3. The molecule has 1 atom stereocenters. The van der Waals surface area contributed by atoms with Crippen LogP contribution in [0.4, 0.5) is 32.5 Å². The molecule has 0 spiro atoms. The van der Waals surface area contributed by atoms with E-state index in [4.69, 9.17) is 25.7 Å². The number of nitrogens with two attached hydrogens (primary N) is 2. The van der Waals surface area contributed by atoms with Crippen molar-refractivity contribution >= 4 is 52.7 Å². The Kier molecular flexibility index (Phi) is 16.4. The topological polar surface area (TPSA) is 267 Å². The summed E-state index contributed by atoms with van der Waals surface area (Å²) in [7, 11) is 1.91. The van der Waals surface area contributed by atoms with Gasteiger partial charge in [-0.15, -0.1) is 0 Å². The van der Waals surface area contributed by atoms with E-state index >= 15 is 0 Å². The van der Waals surface area contributed by atoms with Gasteiger partial charge >= 0.3 is 12.1 Å². The third-order valence-corrected chi connectivity index (χ3v) is 9.22. The maximum Gasteiger partial charge on any atom is 0.407 e. The highest BCUT2D eigenvalue weighted by molar-refractivity contribution is 6.07. The Hall–Kier alpha value is -7.18. The van der Waals surface area contributed by atoms with Crippen LogP contribution < -0.4 is 52.4 Å². The molecule has 0 fully saturated rings. The standard InChI is InChI=1S/C42H53N11O8/c1-26(2)19-36(54)50-32(7-4-13-46-41(44)57)39(55)49-29-10-8-27(9-11-29)25-61-42(58)47-14-5-17-59-30-20-28-21-31(22-30)60-18-6-16-53(3)35-12-15-45-23-34(35)52-40(56)37-38(43)48-24-33(28)51-37/h8-12,15,20-24,26,32H,4-7,13-14,16-19,25H2,1-3H3,(H2,43,48)(H,47,58)(H,49,55)(H,50,54)(H,52,56)(H3,44,46,57)/t32-/m0/s1. The van der Waals surface area contributed by atoms with Gasteiger partial charge in [-0.3, -0.25) is 19.4 Å². The van der Waals surface area contributed by atoms with E-state index in [1.165, 1.54) is 6.20 Å². The summed E-state index contributed by atoms with van der Waals surface area (Å²) in [5.74, 6) is -0.0605. The van der Waals surface area contributed by atoms with Crippen LogP contribution in [0.15, 0.2) is 67.1 Å². The monoisotopic (exact) mass is 839 g/mol. The van der Waals surface area contributed by atoms with Crippen LogP contribution in [0.3, 0.4) is 0 Å². The van der Waals surface area contributed by atoms with Gasteiger partial charge in [0.25, 0.3) is 5.91 Å². The molecule has 5 rings (SSSR count). The van der Waals surface area contributed by atoms with Gasteiger partial charge in [-0.25, -0.2) is 19.6 Å². The fourth-order valence-corrected chi connectivity index (χ4v) is 6.18. The number of hydrogen-bond donors (Lipinski definition) is 7. The van der Waals surface area contributed by atoms with Crippen molar-refractivity contribution < 1.29 is 38.2 Å². The summed E-state index contributed by atoms with van der Waals surface area (Å²) >= 11 is 0. The van der Waals surface area contributed by atoms with E-state index in [2.05, 4.69) is 41.5 Å². The summed E-state index contributed by atoms with van der Waals surface area (Å²) in [6, 6.07) is 12.4. The average Bonchev–Trinajstić information content (AvgIpc) is 3.22. The highest BCUT2D eigenvalue weighted by Crippen LogP contribution is 2.31. The van der Waals surface area contributed by atoms with E-state index in [0.717, 1.165) is 5.69 Å². The molecule has 324 valence electrons. The number of nitrogen functional groups attached to an aromatic ring is 1. The fourth-order valence-electron chi connectivity index (χ4n) is 6.18. The van der Waals surface area contributed by atoms with Crippen molar-refractivity contribution in [2.75, 3.05) is 61.2 Å². The molecule has 1 aliphatic rings. The number of nitrogens with zero attached hydrogens (tertiary/aromatic N) is 4. The number of pyridine rings is 1. The van der Waals surface area contributed by atoms with Crippen LogP contribution in [-0.2, 0) is 20.9 Å². The number of ether oxygens (including phenoxy) is 3. The van der Waals surface area contributed by atoms with Crippen molar-refractivity contribution in [3.05, 3.63) is 78.4 Å². The molecule has 2 aromatic heterocycles. The lowest BCUT2D eigenvalue weighted by Gasteiger charge is -2.22. The summed E-state index contributed by atoms with van der Waals surface area (Å²) in [6.07, 6.45) is 6.21. The average molecular weight is 840 g/mol. The number of hydrogen-bond acceptors (Lipinski definition) is 13. The predicted octanol–water partition coefficient (Wildman–Crippen LogP) is 4.21. The van der Waals surface area contributed by atoms with Crippen molar-refractivity contribution in [2.45, 2.75) is 58.6 Å². The molecule has 0 radical (unpaired) electrons. The molecule has 0 saturated heterocycles. The molecule has 61 heavy (non-hydrogen) atoms. The highest BCUT2D eigenvalue weighted by atomic mass is 16.5. The molecule has 0 aliphatic carbocycles. The highest BCUT2D eigenvalue weighted by Gasteiger charge is 2.22. The minimum absolute atomic E-state index is 0.00922. The molecular formula is C42H53N11O8. The van der Waals surface area contributed by atoms with Gasteiger partial charge < -0.3 is 57.2 Å². The zero-order valence-corrected chi connectivity index (χ0v) is 34.5. The Morgan fingerprint density at radius 3 is 2.57 bits per heavy atom. The van der Waals surface area contributed by atoms with Crippen molar-refractivity contribution in [3.8, 4) is 22.8 Å². The second-order valence-corrected chi connectivity index (χ2v) is 14.7. The van der Waals surface area contributed by atoms with Gasteiger partial charge in [0, 0.05) is 56.6 Å². The molecule has 4 aromatic rings. The molecule has 19 heteroatoms. The Morgan fingerprint density at radius 2 is 1.80 bits per heavy atom. The number of aromatic nitrogens is 3. The van der Waals surface area contributed by atoms with Crippen LogP contribution in [0.2, 0.25) is 0 Å². The molecule has 3 heterocycles. The molecule has 4 bridgehead atoms. The predicted molar refractivity (Wildman–Crippen MR) is 229 cm³/mol. The Morgan fingerprint density at radius 1 is 1.02 bits per heavy atom. The number of primary amides is 1. The summed E-state index contributed by atoms with van der Waals surface area (Å²) in [5.41, 5.74) is 14.6. The van der Waals surface area contributed by atoms with Gasteiger partial charge in [0.05, 0.1) is 42.7 Å². The van der Waals surface area contributed by atoms with Gasteiger partial charge in [-0.05, 0) is 67.5 Å². The molecule has 6 amide bonds. The number of urea groups is 1. The Labute approximate surface area is 353 Å². The van der Waals surface area contributed by atoms with E-state index in [1.807, 2.05) is 31.9 Å². The Balaban J connectivity index is 1.10. The minimum Gasteiger partial charge on any atom is -0.493 e. The number of anilines is 4. The molecule has 1 aliphatic heterocycles. The number of rotatable bonds is 16. The minimum atomic E-state index is -0.813. The largest absolute Gasteiger partial charge is 0.493 e. The fraction of sp³-hybridized carbons (Fsp3) is 0.381. The van der Waals surface area contributed by atoms with E-state index in [1.54, 1.807) is 54.9 Å². The van der Waals surface area contributed by atoms with Crippen molar-refractivity contribution in [3.63, 3.8) is 0 Å². The van der Waals surface area contributed by atoms with Gasteiger partial charge in [0.2, 0.25) is 11.8 Å². The normalized spacial score (nSPS) is 12.9. The van der Waals surface area contributed by atoms with E-state index in [0.29, 0.717) is 78.5 Å². The smallest absolute Gasteiger partial charge is 0.407 e. The van der Waals surface area contributed by atoms with Crippen molar-refractivity contribution in [2.24, 2.45) is 11.7 Å². The van der Waals surface area contributed by atoms with Crippen LogP contribution in [0.5, 0.6) is 11.5 Å². The Bertz CT molecular complexity index is 2150. The molecule has 2 aromatic carbocycles. The maximum atomic E-state index is 13.4. The number of amides is 6. The number of benzene rings is 2. The first-order valence-corrected chi connectivity index (χ1v) is 20.0. The van der Waals surface area contributed by atoms with Gasteiger partial charge in [0.1, 0.15) is 24.1 Å². The van der Waals surface area contributed by atoms with Crippen molar-refractivity contribution in [1.29, 1.82) is 0 Å². The molecule has 0 unspecified atom stereocenters. The summed E-state index contributed by atoms with van der Waals surface area (Å²) in [5, 5.41) is 13.6. The SMILES string of the molecule is CC(C)CC(=O)N[C@@H](CCCNC(N)=O)C(=O)Nc1ccc(COC(=O)NCCCOc2cc3cc(c2)-c2cnc(N)c(n2)C(=O)Nc2cnccc2N(C)CCCO3)cc1. The van der Waals surface area contributed by atoms with E-state index in [9.17, 15) is 24.0 Å². The zero-order valence-electron chi connectivity index (χ0n) is 34.5. The summed E-state index contributed by atoms with van der Waals surface area (Å²) in [4.78, 5) is 77.3. The third kappa shape index (κ3) is 14.3. The molecule has 19 nitrogen and oxygen atoms in total. The lowest BCUT2D eigenvalue weighted by atomic mass is 10.1. The van der Waals surface area contributed by atoms with Gasteiger partial charge in [-0.1, -0.05) is 26.0 Å². The maximum absolute atomic E-state index is 13.4. The first-order valence-electron chi connectivity index (χ1n) is 20.0. The lowest BCUT2D eigenvalue weighted by Crippen LogP contribution is -2.44.